The van der Waals surface area contributed by atoms with E-state index < -0.39 is 0 Å². The molecular weight excluding hydrogens is 176 g/mol. The second-order valence-electron chi connectivity index (χ2n) is 3.51. The normalized spacial score (nSPS) is 18.9. The lowest BCUT2D eigenvalue weighted by molar-refractivity contribution is 0.315. The van der Waals surface area contributed by atoms with Gasteiger partial charge in [-0.1, -0.05) is 11.2 Å². The molecular formula is C11H16N2O. The fourth-order valence-electron chi connectivity index (χ4n) is 1.57. The largest absolute Gasteiger partial charge is 0.411 e. The van der Waals surface area contributed by atoms with E-state index >= 15 is 0 Å². The highest BCUT2D eigenvalue weighted by molar-refractivity contribution is 6.00. The van der Waals surface area contributed by atoms with Gasteiger partial charge in [-0.2, -0.15) is 0 Å². The Morgan fingerprint density at radius 3 is 3.14 bits per heavy atom. The Morgan fingerprint density at radius 1 is 1.79 bits per heavy atom. The molecule has 1 N–H and O–H groups in total. The smallest absolute Gasteiger partial charge is 0.0846 e. The summed E-state index contributed by atoms with van der Waals surface area (Å²) in [5, 5.41) is 12.2. The van der Waals surface area contributed by atoms with Crippen molar-refractivity contribution in [3.05, 3.63) is 11.6 Å². The summed E-state index contributed by atoms with van der Waals surface area (Å²) in [7, 11) is 2.06. The van der Waals surface area contributed by atoms with E-state index in [1.54, 1.807) is 0 Å². The molecule has 3 heteroatoms. The molecule has 76 valence electrons. The highest BCUT2D eigenvalue weighted by Gasteiger charge is 2.13. The van der Waals surface area contributed by atoms with Gasteiger partial charge in [-0.15, -0.1) is 12.3 Å². The second-order valence-corrected chi connectivity index (χ2v) is 3.51. The van der Waals surface area contributed by atoms with Gasteiger partial charge in [0.05, 0.1) is 5.71 Å². The number of oxime groups is 1. The Morgan fingerprint density at radius 2 is 2.57 bits per heavy atom. The van der Waals surface area contributed by atoms with E-state index in [1.165, 1.54) is 0 Å². The maximum absolute atomic E-state index is 8.85. The average Bonchev–Trinajstić information content (AvgIpc) is 2.19. The van der Waals surface area contributed by atoms with Gasteiger partial charge in [-0.3, -0.25) is 0 Å². The fraction of sp³-hybridized carbons (Fsp3) is 0.545. The third-order valence-electron chi connectivity index (χ3n) is 2.34. The van der Waals surface area contributed by atoms with Crippen LogP contribution in [0.25, 0.3) is 0 Å². The minimum Gasteiger partial charge on any atom is -0.411 e. The number of likely N-dealkylation sites (N-methyl/N-ethyl adjacent to an activating group) is 1. The quantitative estimate of drug-likeness (QED) is 0.318. The molecule has 1 aliphatic heterocycles. The maximum Gasteiger partial charge on any atom is 0.0846 e. The van der Waals surface area contributed by atoms with Gasteiger partial charge in [0.2, 0.25) is 0 Å². The summed E-state index contributed by atoms with van der Waals surface area (Å²) < 4.78 is 0. The lowest BCUT2D eigenvalue weighted by Crippen LogP contribution is -2.28. The second kappa shape index (κ2) is 5.46. The minimum absolute atomic E-state index is 0.625. The summed E-state index contributed by atoms with van der Waals surface area (Å²) in [6.07, 6.45) is 9.60. The zero-order valence-corrected chi connectivity index (χ0v) is 8.53. The highest BCUT2D eigenvalue weighted by Crippen LogP contribution is 2.12. The molecule has 1 rings (SSSR count). The Balaban J connectivity index is 2.61. The summed E-state index contributed by atoms with van der Waals surface area (Å²) in [5.41, 5.74) is 1.84. The van der Waals surface area contributed by atoms with E-state index in [9.17, 15) is 0 Å². The summed E-state index contributed by atoms with van der Waals surface area (Å²) in [6, 6.07) is 0. The van der Waals surface area contributed by atoms with Crippen molar-refractivity contribution in [3.8, 4) is 12.3 Å². The number of nitrogens with zero attached hydrogens (tertiary/aromatic N) is 2. The van der Waals surface area contributed by atoms with E-state index in [2.05, 4.69) is 29.1 Å². The Kier molecular flexibility index (Phi) is 4.21. The van der Waals surface area contributed by atoms with Crippen LogP contribution in [-0.2, 0) is 0 Å². The SMILES string of the molecule is C#CCC/C(=N\O)C1=CCCN(C)C1. The molecule has 0 bridgehead atoms. The van der Waals surface area contributed by atoms with E-state index in [0.29, 0.717) is 12.8 Å². The molecule has 0 saturated carbocycles. The van der Waals surface area contributed by atoms with Crippen LogP contribution in [0.15, 0.2) is 16.8 Å². The molecule has 0 aliphatic carbocycles. The van der Waals surface area contributed by atoms with Crippen LogP contribution in [0.2, 0.25) is 0 Å². The predicted molar refractivity (Wildman–Crippen MR) is 57.5 cm³/mol. The van der Waals surface area contributed by atoms with E-state index in [1.807, 2.05) is 0 Å². The van der Waals surface area contributed by atoms with Crippen molar-refractivity contribution in [1.82, 2.24) is 4.90 Å². The van der Waals surface area contributed by atoms with Crippen LogP contribution >= 0.6 is 0 Å². The molecule has 0 unspecified atom stereocenters. The third kappa shape index (κ3) is 2.90. The van der Waals surface area contributed by atoms with Crippen LogP contribution < -0.4 is 0 Å². The van der Waals surface area contributed by atoms with E-state index in [4.69, 9.17) is 11.6 Å². The molecule has 0 fully saturated rings. The van der Waals surface area contributed by atoms with Crippen molar-refractivity contribution < 1.29 is 5.21 Å². The molecule has 14 heavy (non-hydrogen) atoms. The van der Waals surface area contributed by atoms with Crippen molar-refractivity contribution >= 4 is 5.71 Å². The molecule has 3 nitrogen and oxygen atoms in total. The van der Waals surface area contributed by atoms with Gasteiger partial charge in [-0.25, -0.2) is 0 Å². The van der Waals surface area contributed by atoms with Crippen molar-refractivity contribution in [2.45, 2.75) is 19.3 Å². The summed E-state index contributed by atoms with van der Waals surface area (Å²) in [4.78, 5) is 2.20. The monoisotopic (exact) mass is 192 g/mol. The number of hydrogen-bond donors (Lipinski definition) is 1. The van der Waals surface area contributed by atoms with Gasteiger partial charge in [0.1, 0.15) is 0 Å². The first-order chi connectivity index (χ1) is 6.77. The molecule has 0 spiro atoms. The minimum atomic E-state index is 0.625. The molecule has 0 aromatic heterocycles. The number of hydrogen-bond acceptors (Lipinski definition) is 3. The van der Waals surface area contributed by atoms with E-state index in [0.717, 1.165) is 30.8 Å². The summed E-state index contributed by atoms with van der Waals surface area (Å²) in [6.45, 7) is 1.92. The van der Waals surface area contributed by atoms with Crippen LogP contribution in [0.1, 0.15) is 19.3 Å². The first kappa shape index (κ1) is 10.8. The first-order valence-electron chi connectivity index (χ1n) is 4.80. The van der Waals surface area contributed by atoms with Crippen LogP contribution in [0.4, 0.5) is 0 Å². The zero-order valence-electron chi connectivity index (χ0n) is 8.53. The van der Waals surface area contributed by atoms with Crippen LogP contribution in [0.3, 0.4) is 0 Å². The average molecular weight is 192 g/mol. The van der Waals surface area contributed by atoms with Crippen molar-refractivity contribution in [2.75, 3.05) is 20.1 Å². The molecule has 0 radical (unpaired) electrons. The topological polar surface area (TPSA) is 35.8 Å². The molecule has 1 heterocycles. The van der Waals surface area contributed by atoms with Gasteiger partial charge in [0, 0.05) is 25.9 Å². The third-order valence-corrected chi connectivity index (χ3v) is 2.34. The lowest BCUT2D eigenvalue weighted by Gasteiger charge is -2.23. The predicted octanol–water partition coefficient (Wildman–Crippen LogP) is 1.49. The van der Waals surface area contributed by atoms with Crippen molar-refractivity contribution in [2.24, 2.45) is 5.16 Å². The first-order valence-corrected chi connectivity index (χ1v) is 4.80. The molecule has 0 aromatic rings. The molecule has 0 atom stereocenters. The van der Waals surface area contributed by atoms with Crippen LogP contribution in [0, 0.1) is 12.3 Å². The Bertz CT molecular complexity index is 286. The fourth-order valence-corrected chi connectivity index (χ4v) is 1.57. The number of rotatable bonds is 3. The van der Waals surface area contributed by atoms with Gasteiger partial charge in [-0.05, 0) is 19.0 Å². The molecule has 0 saturated heterocycles. The van der Waals surface area contributed by atoms with Crippen molar-refractivity contribution in [1.29, 1.82) is 0 Å². The zero-order chi connectivity index (χ0) is 10.4. The lowest BCUT2D eigenvalue weighted by atomic mass is 10.0. The van der Waals surface area contributed by atoms with Crippen LogP contribution in [0.5, 0.6) is 0 Å². The van der Waals surface area contributed by atoms with Gasteiger partial charge < -0.3 is 10.1 Å². The highest BCUT2D eigenvalue weighted by atomic mass is 16.4. The summed E-state index contributed by atoms with van der Waals surface area (Å²) in [5.74, 6) is 2.55. The molecule has 1 aliphatic rings. The Labute approximate surface area is 85.1 Å². The Hall–Kier alpha value is -1.27. The number of terminal acetylenes is 1. The van der Waals surface area contributed by atoms with Gasteiger partial charge in [0.25, 0.3) is 0 Å². The molecule has 0 aromatic carbocycles. The van der Waals surface area contributed by atoms with Crippen LogP contribution in [-0.4, -0.2) is 36.0 Å². The standard InChI is InChI=1S/C11H16N2O/c1-3-4-7-11(12-14)10-6-5-8-13(2)9-10/h1,6,14H,4-5,7-9H2,2H3/b12-11+. The van der Waals surface area contributed by atoms with Crippen molar-refractivity contribution in [3.63, 3.8) is 0 Å². The molecule has 0 amide bonds. The van der Waals surface area contributed by atoms with Gasteiger partial charge >= 0.3 is 0 Å². The summed E-state index contributed by atoms with van der Waals surface area (Å²) >= 11 is 0. The van der Waals surface area contributed by atoms with E-state index in [-0.39, 0.29) is 0 Å². The maximum atomic E-state index is 8.85. The van der Waals surface area contributed by atoms with Gasteiger partial charge in [0.15, 0.2) is 0 Å².